The van der Waals surface area contributed by atoms with Crippen molar-refractivity contribution < 1.29 is 4.39 Å². The van der Waals surface area contributed by atoms with Crippen molar-refractivity contribution in [2.24, 2.45) is 4.99 Å². The lowest BCUT2D eigenvalue weighted by Crippen LogP contribution is -2.38. The minimum Gasteiger partial charge on any atom is -0.357 e. The van der Waals surface area contributed by atoms with Gasteiger partial charge >= 0.3 is 0 Å². The smallest absolute Gasteiger partial charge is 0.191 e. The Morgan fingerprint density at radius 3 is 2.72 bits per heavy atom. The Bertz CT molecular complexity index is 405. The summed E-state index contributed by atoms with van der Waals surface area (Å²) in [5.41, 5.74) is 0.625. The van der Waals surface area contributed by atoms with Crippen LogP contribution >= 0.6 is 24.0 Å². The number of hydrogen-bond donors (Lipinski definition) is 2. The van der Waals surface area contributed by atoms with E-state index < -0.39 is 0 Å². The molecule has 0 aromatic heterocycles. The molecular formula is C13H19FIN3. The molecule has 1 saturated carbocycles. The van der Waals surface area contributed by atoms with Gasteiger partial charge in [0.25, 0.3) is 0 Å². The van der Waals surface area contributed by atoms with Gasteiger partial charge in [0.2, 0.25) is 0 Å². The van der Waals surface area contributed by atoms with E-state index >= 15 is 0 Å². The molecular weight excluding hydrogens is 344 g/mol. The van der Waals surface area contributed by atoms with Crippen molar-refractivity contribution in [3.05, 3.63) is 35.6 Å². The van der Waals surface area contributed by atoms with Crippen molar-refractivity contribution in [1.82, 2.24) is 10.6 Å². The van der Waals surface area contributed by atoms with Gasteiger partial charge in [0.1, 0.15) is 5.82 Å². The van der Waals surface area contributed by atoms with Crippen LogP contribution in [0.25, 0.3) is 0 Å². The molecule has 100 valence electrons. The summed E-state index contributed by atoms with van der Waals surface area (Å²) in [4.78, 5) is 4.38. The molecule has 0 aliphatic heterocycles. The van der Waals surface area contributed by atoms with E-state index in [-0.39, 0.29) is 29.8 Å². The van der Waals surface area contributed by atoms with Gasteiger partial charge in [-0.2, -0.15) is 0 Å². The predicted molar refractivity (Wildman–Crippen MR) is 82.8 cm³/mol. The topological polar surface area (TPSA) is 36.4 Å². The van der Waals surface area contributed by atoms with Gasteiger partial charge in [-0.15, -0.1) is 24.0 Å². The summed E-state index contributed by atoms with van der Waals surface area (Å²) in [7, 11) is 0. The van der Waals surface area contributed by atoms with E-state index in [9.17, 15) is 4.39 Å². The molecule has 0 amide bonds. The maximum Gasteiger partial charge on any atom is 0.191 e. The highest BCUT2D eigenvalue weighted by Gasteiger charge is 2.22. The summed E-state index contributed by atoms with van der Waals surface area (Å²) in [6, 6.07) is 7.30. The summed E-state index contributed by atoms with van der Waals surface area (Å²) in [6.07, 6.45) is 2.40. The molecule has 3 nitrogen and oxygen atoms in total. The maximum atomic E-state index is 13.4. The first kappa shape index (κ1) is 15.2. The zero-order valence-corrected chi connectivity index (χ0v) is 12.8. The molecule has 2 N–H and O–H groups in total. The molecule has 0 saturated heterocycles. The van der Waals surface area contributed by atoms with Crippen LogP contribution in [0, 0.1) is 5.82 Å². The monoisotopic (exact) mass is 363 g/mol. The van der Waals surface area contributed by atoms with Gasteiger partial charge in [0, 0.05) is 18.2 Å². The van der Waals surface area contributed by atoms with Gasteiger partial charge in [-0.3, -0.25) is 0 Å². The summed E-state index contributed by atoms with van der Waals surface area (Å²) in [6.45, 7) is 3.21. The lowest BCUT2D eigenvalue weighted by atomic mass is 10.2. The first-order valence-corrected chi connectivity index (χ1v) is 6.08. The van der Waals surface area contributed by atoms with Crippen LogP contribution in [0.15, 0.2) is 29.3 Å². The van der Waals surface area contributed by atoms with Gasteiger partial charge in [-0.1, -0.05) is 18.2 Å². The standard InChI is InChI=1S/C13H18FN3.HI/c1-2-15-13(17-11-7-8-11)16-9-10-5-3-4-6-12(10)14;/h3-6,11H,2,7-9H2,1H3,(H2,15,16,17);1H. The van der Waals surface area contributed by atoms with Gasteiger partial charge in [0.15, 0.2) is 5.96 Å². The van der Waals surface area contributed by atoms with Crippen LogP contribution < -0.4 is 10.6 Å². The third-order valence-electron chi connectivity index (χ3n) is 2.63. The van der Waals surface area contributed by atoms with Crippen molar-refractivity contribution in [2.75, 3.05) is 6.54 Å². The van der Waals surface area contributed by atoms with E-state index in [1.165, 1.54) is 18.9 Å². The number of nitrogens with one attached hydrogen (secondary N) is 2. The van der Waals surface area contributed by atoms with Crippen molar-refractivity contribution in [3.8, 4) is 0 Å². The van der Waals surface area contributed by atoms with Gasteiger partial charge < -0.3 is 10.6 Å². The number of nitrogens with zero attached hydrogens (tertiary/aromatic N) is 1. The van der Waals surface area contributed by atoms with Crippen LogP contribution in [0.4, 0.5) is 4.39 Å². The third kappa shape index (κ3) is 4.80. The van der Waals surface area contributed by atoms with Crippen LogP contribution in [0.3, 0.4) is 0 Å². The van der Waals surface area contributed by atoms with Crippen molar-refractivity contribution >= 4 is 29.9 Å². The quantitative estimate of drug-likeness (QED) is 0.490. The molecule has 1 aromatic carbocycles. The average molecular weight is 363 g/mol. The molecule has 0 atom stereocenters. The molecule has 0 heterocycles. The van der Waals surface area contributed by atoms with Crippen LogP contribution in [-0.4, -0.2) is 18.5 Å². The Labute approximate surface area is 124 Å². The molecule has 18 heavy (non-hydrogen) atoms. The third-order valence-corrected chi connectivity index (χ3v) is 2.63. The summed E-state index contributed by atoms with van der Waals surface area (Å²) in [5.74, 6) is 0.580. The van der Waals surface area contributed by atoms with Crippen LogP contribution in [0.2, 0.25) is 0 Å². The Balaban J connectivity index is 0.00000162. The van der Waals surface area contributed by atoms with Crippen LogP contribution in [0.5, 0.6) is 0 Å². The molecule has 1 aliphatic carbocycles. The van der Waals surface area contributed by atoms with Crippen molar-refractivity contribution in [1.29, 1.82) is 0 Å². The maximum absolute atomic E-state index is 13.4. The first-order valence-electron chi connectivity index (χ1n) is 6.08. The number of rotatable bonds is 4. The van der Waals surface area contributed by atoms with E-state index in [4.69, 9.17) is 0 Å². The van der Waals surface area contributed by atoms with Crippen LogP contribution in [-0.2, 0) is 6.54 Å². The van der Waals surface area contributed by atoms with Gasteiger partial charge in [-0.25, -0.2) is 9.38 Å². The highest BCUT2D eigenvalue weighted by Crippen LogP contribution is 2.18. The number of guanidine groups is 1. The lowest BCUT2D eigenvalue weighted by Gasteiger charge is -2.10. The SMILES string of the molecule is CCNC(=NCc1ccccc1F)NC1CC1.I. The molecule has 1 aliphatic rings. The van der Waals surface area contributed by atoms with Gasteiger partial charge in [-0.05, 0) is 25.8 Å². The highest BCUT2D eigenvalue weighted by atomic mass is 127. The predicted octanol–water partition coefficient (Wildman–Crippen LogP) is 2.66. The fraction of sp³-hybridized carbons (Fsp3) is 0.462. The fourth-order valence-corrected chi connectivity index (χ4v) is 1.53. The van der Waals surface area contributed by atoms with Gasteiger partial charge in [0.05, 0.1) is 6.54 Å². The highest BCUT2D eigenvalue weighted by molar-refractivity contribution is 14.0. The molecule has 0 bridgehead atoms. The number of halogens is 2. The molecule has 0 unspecified atom stereocenters. The Morgan fingerprint density at radius 1 is 1.39 bits per heavy atom. The molecule has 0 spiro atoms. The van der Waals surface area contributed by atoms with Crippen molar-refractivity contribution in [3.63, 3.8) is 0 Å². The summed E-state index contributed by atoms with van der Waals surface area (Å²) in [5, 5.41) is 6.46. The largest absolute Gasteiger partial charge is 0.357 e. The molecule has 0 radical (unpaired) electrons. The Hall–Kier alpha value is -0.850. The van der Waals surface area contributed by atoms with E-state index in [1.807, 2.05) is 13.0 Å². The number of hydrogen-bond acceptors (Lipinski definition) is 1. The molecule has 2 rings (SSSR count). The molecule has 1 fully saturated rings. The number of aliphatic imine (C=N–C) groups is 1. The van der Waals surface area contributed by atoms with E-state index in [1.54, 1.807) is 12.1 Å². The lowest BCUT2D eigenvalue weighted by molar-refractivity contribution is 0.610. The van der Waals surface area contributed by atoms with E-state index in [0.717, 1.165) is 12.5 Å². The van der Waals surface area contributed by atoms with E-state index in [0.29, 0.717) is 18.2 Å². The minimum atomic E-state index is -0.196. The molecule has 1 aromatic rings. The molecule has 5 heteroatoms. The zero-order valence-electron chi connectivity index (χ0n) is 10.4. The Morgan fingerprint density at radius 2 is 2.11 bits per heavy atom. The van der Waals surface area contributed by atoms with Crippen molar-refractivity contribution in [2.45, 2.75) is 32.4 Å². The Kier molecular flexibility index (Phi) is 6.38. The summed E-state index contributed by atoms with van der Waals surface area (Å²) >= 11 is 0. The minimum absolute atomic E-state index is 0. The second-order valence-corrected chi connectivity index (χ2v) is 4.21. The normalized spacial score (nSPS) is 14.9. The fourth-order valence-electron chi connectivity index (χ4n) is 1.53. The first-order chi connectivity index (χ1) is 8.29. The second-order valence-electron chi connectivity index (χ2n) is 4.21. The number of benzene rings is 1. The summed E-state index contributed by atoms with van der Waals surface area (Å²) < 4.78 is 13.4. The van der Waals surface area contributed by atoms with Crippen LogP contribution in [0.1, 0.15) is 25.3 Å². The van der Waals surface area contributed by atoms with E-state index in [2.05, 4.69) is 15.6 Å². The average Bonchev–Trinajstić information content (AvgIpc) is 3.12. The second kappa shape index (κ2) is 7.56. The zero-order chi connectivity index (χ0) is 12.1.